The van der Waals surface area contributed by atoms with E-state index >= 15 is 0 Å². The molecular weight excluding hydrogens is 440 g/mol. The maximum atomic E-state index is 12.1. The molecule has 1 aliphatic heterocycles. The summed E-state index contributed by atoms with van der Waals surface area (Å²) in [4.78, 5) is 12.4. The van der Waals surface area contributed by atoms with Gasteiger partial charge in [-0.2, -0.15) is 0 Å². The van der Waals surface area contributed by atoms with Crippen molar-refractivity contribution in [2.24, 2.45) is 34.5 Å². The van der Waals surface area contributed by atoms with Crippen LogP contribution in [0.4, 0.5) is 0 Å². The van der Waals surface area contributed by atoms with Crippen LogP contribution in [0.5, 0.6) is 5.75 Å². The summed E-state index contributed by atoms with van der Waals surface area (Å²) < 4.78 is 29.9. The SMILES string of the molecule is CC1CC2SC(=O)C=C[C@]2(C)[C@@H]2CC[C@]3(C)CC(Oc4ccc(S(C)(=O)=O)cc4)C[C@H]3[C@H]12. The number of carbonyl (C=O) groups excluding carboxylic acids is 1. The van der Waals surface area contributed by atoms with E-state index in [4.69, 9.17) is 4.74 Å². The fraction of sp³-hybridized carbons (Fsp3) is 0.654. The van der Waals surface area contributed by atoms with Crippen LogP contribution in [0.1, 0.15) is 52.9 Å². The second kappa shape index (κ2) is 7.63. The molecule has 4 aliphatic rings. The van der Waals surface area contributed by atoms with Crippen molar-refractivity contribution in [3.63, 3.8) is 0 Å². The highest BCUT2D eigenvalue weighted by Gasteiger charge is 2.61. The van der Waals surface area contributed by atoms with Crippen LogP contribution < -0.4 is 4.74 Å². The van der Waals surface area contributed by atoms with Crippen molar-refractivity contribution in [3.8, 4) is 5.75 Å². The predicted octanol–water partition coefficient (Wildman–Crippen LogP) is 5.52. The van der Waals surface area contributed by atoms with Crippen LogP contribution in [0.3, 0.4) is 0 Å². The smallest absolute Gasteiger partial charge is 0.212 e. The van der Waals surface area contributed by atoms with Gasteiger partial charge in [0, 0.05) is 16.9 Å². The lowest BCUT2D eigenvalue weighted by Crippen LogP contribution is -2.55. The first-order chi connectivity index (χ1) is 15.0. The molecule has 3 unspecified atom stereocenters. The molecule has 8 atom stereocenters. The molecule has 3 saturated carbocycles. The Labute approximate surface area is 196 Å². The summed E-state index contributed by atoms with van der Waals surface area (Å²) in [6.45, 7) is 7.26. The lowest BCUT2D eigenvalue weighted by molar-refractivity contribution is -0.108. The Kier molecular flexibility index (Phi) is 5.37. The summed E-state index contributed by atoms with van der Waals surface area (Å²) >= 11 is 1.56. The normalized spacial score (nSPS) is 43.3. The van der Waals surface area contributed by atoms with Crippen LogP contribution in [-0.4, -0.2) is 31.1 Å². The predicted molar refractivity (Wildman–Crippen MR) is 128 cm³/mol. The number of rotatable bonds is 3. The molecule has 3 aliphatic carbocycles. The molecule has 3 fully saturated rings. The minimum Gasteiger partial charge on any atom is -0.490 e. The van der Waals surface area contributed by atoms with Gasteiger partial charge in [0.05, 0.1) is 11.0 Å². The summed E-state index contributed by atoms with van der Waals surface area (Å²) in [6.07, 6.45) is 11.1. The van der Waals surface area contributed by atoms with Gasteiger partial charge < -0.3 is 4.74 Å². The standard InChI is InChI=1S/C26H34O4S2/c1-16-13-22-26(3,12-10-23(27)31-22)20-9-11-25(2)15-18(14-21(25)24(16)20)30-17-5-7-19(8-6-17)32(4,28)29/h5-8,10,12,16,18,20-22,24H,9,11,13-15H2,1-4H3/t16?,18?,20-,21+,22?,24-,25-,26-/m1/s1. The third kappa shape index (κ3) is 3.66. The van der Waals surface area contributed by atoms with Crippen molar-refractivity contribution in [1.82, 2.24) is 0 Å². The largest absolute Gasteiger partial charge is 0.490 e. The molecule has 4 nitrogen and oxygen atoms in total. The van der Waals surface area contributed by atoms with E-state index < -0.39 is 9.84 Å². The van der Waals surface area contributed by atoms with Crippen LogP contribution in [-0.2, 0) is 14.6 Å². The molecule has 1 aromatic rings. The number of allylic oxidation sites excluding steroid dienone is 1. The van der Waals surface area contributed by atoms with E-state index in [0.29, 0.717) is 33.8 Å². The maximum Gasteiger partial charge on any atom is 0.212 e. The number of thioether (sulfide) groups is 1. The van der Waals surface area contributed by atoms with Gasteiger partial charge >= 0.3 is 0 Å². The van der Waals surface area contributed by atoms with Gasteiger partial charge in [0.25, 0.3) is 0 Å². The number of fused-ring (bicyclic) bond motifs is 5. The van der Waals surface area contributed by atoms with E-state index in [2.05, 4.69) is 26.8 Å². The molecule has 0 N–H and O–H groups in total. The average molecular weight is 475 g/mol. The second-order valence-electron chi connectivity index (χ2n) is 11.2. The number of benzene rings is 1. The van der Waals surface area contributed by atoms with Crippen LogP contribution in [0, 0.1) is 34.5 Å². The lowest BCUT2D eigenvalue weighted by Gasteiger charge is -2.59. The highest BCUT2D eigenvalue weighted by atomic mass is 32.2. The molecule has 174 valence electrons. The molecule has 5 rings (SSSR count). The Balaban J connectivity index is 1.37. The monoisotopic (exact) mass is 474 g/mol. The molecule has 1 heterocycles. The molecular formula is C26H34O4S2. The second-order valence-corrected chi connectivity index (χ2v) is 14.5. The molecule has 32 heavy (non-hydrogen) atoms. The van der Waals surface area contributed by atoms with Gasteiger partial charge in [-0.25, -0.2) is 8.42 Å². The number of carbonyl (C=O) groups is 1. The molecule has 0 spiro atoms. The number of sulfone groups is 1. The highest BCUT2D eigenvalue weighted by Crippen LogP contribution is 2.66. The topological polar surface area (TPSA) is 60.4 Å². The third-order valence-electron chi connectivity index (χ3n) is 9.19. The Bertz CT molecular complexity index is 1050. The van der Waals surface area contributed by atoms with Crippen molar-refractivity contribution < 1.29 is 17.9 Å². The van der Waals surface area contributed by atoms with E-state index in [1.807, 2.05) is 6.08 Å². The highest BCUT2D eigenvalue weighted by molar-refractivity contribution is 8.14. The molecule has 0 saturated heterocycles. The van der Waals surface area contributed by atoms with Gasteiger partial charge in [-0.3, -0.25) is 4.79 Å². The molecule has 0 amide bonds. The van der Waals surface area contributed by atoms with Crippen LogP contribution in [0.15, 0.2) is 41.3 Å². The lowest BCUT2D eigenvalue weighted by atomic mass is 9.48. The first-order valence-electron chi connectivity index (χ1n) is 11.9. The molecule has 6 heteroatoms. The van der Waals surface area contributed by atoms with Crippen molar-refractivity contribution in [1.29, 1.82) is 0 Å². The minimum atomic E-state index is -3.20. The first kappa shape index (κ1) is 22.5. The van der Waals surface area contributed by atoms with Gasteiger partial charge in [-0.05, 0) is 91.5 Å². The van der Waals surface area contributed by atoms with Crippen molar-refractivity contribution >= 4 is 26.7 Å². The fourth-order valence-corrected chi connectivity index (χ4v) is 9.54. The number of hydrogen-bond donors (Lipinski definition) is 0. The van der Waals surface area contributed by atoms with E-state index in [1.165, 1.54) is 19.1 Å². The Morgan fingerprint density at radius 1 is 1.09 bits per heavy atom. The van der Waals surface area contributed by atoms with E-state index in [-0.39, 0.29) is 22.0 Å². The Morgan fingerprint density at radius 3 is 2.50 bits per heavy atom. The van der Waals surface area contributed by atoms with Crippen molar-refractivity contribution in [2.75, 3.05) is 6.26 Å². The van der Waals surface area contributed by atoms with Crippen LogP contribution in [0.25, 0.3) is 0 Å². The van der Waals surface area contributed by atoms with E-state index in [0.717, 1.165) is 25.0 Å². The van der Waals surface area contributed by atoms with Crippen LogP contribution >= 0.6 is 11.8 Å². The number of ether oxygens (including phenoxy) is 1. The van der Waals surface area contributed by atoms with Gasteiger partial charge in [-0.15, -0.1) is 0 Å². The van der Waals surface area contributed by atoms with E-state index in [9.17, 15) is 13.2 Å². The van der Waals surface area contributed by atoms with Crippen LogP contribution in [0.2, 0.25) is 0 Å². The first-order valence-corrected chi connectivity index (χ1v) is 14.6. The molecule has 0 radical (unpaired) electrons. The van der Waals surface area contributed by atoms with Gasteiger partial charge in [-0.1, -0.05) is 38.6 Å². The molecule has 0 bridgehead atoms. The quantitative estimate of drug-likeness (QED) is 0.577. The summed E-state index contributed by atoms with van der Waals surface area (Å²) in [5, 5.41) is 0.623. The maximum absolute atomic E-state index is 12.1. The zero-order chi connectivity index (χ0) is 22.9. The zero-order valence-corrected chi connectivity index (χ0v) is 21.0. The average Bonchev–Trinajstić information content (AvgIpc) is 3.05. The molecule has 0 aromatic heterocycles. The Morgan fingerprint density at radius 2 is 1.81 bits per heavy atom. The Hall–Kier alpha value is -1.27. The van der Waals surface area contributed by atoms with Crippen molar-refractivity contribution in [2.45, 2.75) is 69.1 Å². The zero-order valence-electron chi connectivity index (χ0n) is 19.4. The molecule has 1 aromatic carbocycles. The summed E-state index contributed by atoms with van der Waals surface area (Å²) in [5.74, 6) is 3.29. The van der Waals surface area contributed by atoms with Crippen molar-refractivity contribution in [3.05, 3.63) is 36.4 Å². The van der Waals surface area contributed by atoms with E-state index in [1.54, 1.807) is 36.0 Å². The fourth-order valence-electron chi connectivity index (χ4n) is 7.58. The summed E-state index contributed by atoms with van der Waals surface area (Å²) in [7, 11) is -3.20. The third-order valence-corrected chi connectivity index (χ3v) is 11.7. The number of hydrogen-bond acceptors (Lipinski definition) is 5. The van der Waals surface area contributed by atoms with Gasteiger partial charge in [0.15, 0.2) is 9.84 Å². The van der Waals surface area contributed by atoms with Gasteiger partial charge in [0.2, 0.25) is 5.12 Å². The minimum absolute atomic E-state index is 0.109. The summed E-state index contributed by atoms with van der Waals surface area (Å²) in [6, 6.07) is 6.87. The van der Waals surface area contributed by atoms with Gasteiger partial charge in [0.1, 0.15) is 5.75 Å². The summed E-state index contributed by atoms with van der Waals surface area (Å²) in [5.41, 5.74) is 0.398.